The Kier molecular flexibility index (Phi) is 3.11. The second-order valence-corrected chi connectivity index (χ2v) is 4.26. The molecule has 1 aromatic heterocycles. The van der Waals surface area contributed by atoms with Crippen LogP contribution in [0, 0.1) is 9.39 Å². The zero-order valence-electron chi connectivity index (χ0n) is 8.05. The van der Waals surface area contributed by atoms with Crippen LogP contribution in [0.5, 0.6) is 0 Å². The van der Waals surface area contributed by atoms with Crippen LogP contribution in [-0.4, -0.2) is 5.16 Å². The molecule has 0 unspecified atom stereocenters. The van der Waals surface area contributed by atoms with Crippen molar-refractivity contribution in [2.45, 2.75) is 6.18 Å². The predicted octanol–water partition coefficient (Wildman–Crippen LogP) is 4.10. The van der Waals surface area contributed by atoms with Crippen molar-refractivity contribution in [3.05, 3.63) is 39.3 Å². The van der Waals surface area contributed by atoms with Crippen molar-refractivity contribution in [2.75, 3.05) is 0 Å². The van der Waals surface area contributed by atoms with E-state index < -0.39 is 17.7 Å². The van der Waals surface area contributed by atoms with E-state index in [1.165, 1.54) is 40.8 Å². The van der Waals surface area contributed by atoms with Crippen LogP contribution >= 0.6 is 22.6 Å². The van der Waals surface area contributed by atoms with E-state index in [0.29, 0.717) is 0 Å². The highest BCUT2D eigenvalue weighted by Gasteiger charge is 2.38. The van der Waals surface area contributed by atoms with E-state index in [1.54, 1.807) is 0 Å². The number of nitrogens with zero attached hydrogens (tertiary/aromatic N) is 1. The number of rotatable bonds is 1. The Labute approximate surface area is 107 Å². The maximum atomic E-state index is 12.9. The average molecular weight is 357 g/mol. The molecule has 2 rings (SSSR count). The first-order valence-electron chi connectivity index (χ1n) is 4.38. The number of hydrogen-bond acceptors (Lipinski definition) is 2. The van der Waals surface area contributed by atoms with Gasteiger partial charge in [-0.25, -0.2) is 4.39 Å². The summed E-state index contributed by atoms with van der Waals surface area (Å²) in [6.45, 7) is 0. The molecule has 0 bridgehead atoms. The normalized spacial score (nSPS) is 11.8. The molecule has 1 heterocycles. The predicted molar refractivity (Wildman–Crippen MR) is 59.6 cm³/mol. The number of benzene rings is 1. The summed E-state index contributed by atoms with van der Waals surface area (Å²) in [5.74, 6) is -0.638. The van der Waals surface area contributed by atoms with Gasteiger partial charge in [-0.3, -0.25) is 0 Å². The van der Waals surface area contributed by atoms with E-state index in [4.69, 9.17) is 0 Å². The van der Waals surface area contributed by atoms with E-state index >= 15 is 0 Å². The highest BCUT2D eigenvalue weighted by atomic mass is 127. The van der Waals surface area contributed by atoms with Crippen LogP contribution in [0.4, 0.5) is 17.6 Å². The zero-order chi connectivity index (χ0) is 12.6. The Balaban J connectivity index is 2.52. The van der Waals surface area contributed by atoms with E-state index in [2.05, 4.69) is 9.68 Å². The molecule has 0 amide bonds. The van der Waals surface area contributed by atoms with Crippen LogP contribution in [0.1, 0.15) is 5.69 Å². The van der Waals surface area contributed by atoms with Crippen LogP contribution in [0.2, 0.25) is 0 Å². The third-order valence-corrected chi connectivity index (χ3v) is 2.99. The van der Waals surface area contributed by atoms with Crippen molar-refractivity contribution in [3.63, 3.8) is 0 Å². The average Bonchev–Trinajstić information content (AvgIpc) is 2.59. The van der Waals surface area contributed by atoms with Gasteiger partial charge in [0.05, 0.1) is 3.57 Å². The molecule has 0 aliphatic heterocycles. The zero-order valence-corrected chi connectivity index (χ0v) is 10.2. The van der Waals surface area contributed by atoms with Crippen LogP contribution in [-0.2, 0) is 6.18 Å². The van der Waals surface area contributed by atoms with Gasteiger partial charge in [-0.2, -0.15) is 13.2 Å². The first-order chi connectivity index (χ1) is 7.89. The Morgan fingerprint density at radius 3 is 2.47 bits per heavy atom. The van der Waals surface area contributed by atoms with E-state index in [9.17, 15) is 17.6 Å². The lowest BCUT2D eigenvalue weighted by Crippen LogP contribution is -2.07. The van der Waals surface area contributed by atoms with Gasteiger partial charge in [-0.15, -0.1) is 0 Å². The molecule has 0 saturated heterocycles. The summed E-state index contributed by atoms with van der Waals surface area (Å²) in [5, 5.41) is 2.96. The molecule has 7 heteroatoms. The van der Waals surface area contributed by atoms with Crippen LogP contribution in [0.3, 0.4) is 0 Å². The summed E-state index contributed by atoms with van der Waals surface area (Å²) in [6, 6.07) is 5.11. The Morgan fingerprint density at radius 1 is 1.24 bits per heavy atom. The molecule has 1 aromatic carbocycles. The van der Waals surface area contributed by atoms with Crippen molar-refractivity contribution in [2.24, 2.45) is 0 Å². The summed E-state index contributed by atoms with van der Waals surface area (Å²) >= 11 is 1.48. The first-order valence-corrected chi connectivity index (χ1v) is 5.46. The molecule has 0 aliphatic carbocycles. The lowest BCUT2D eigenvalue weighted by atomic mass is 10.1. The molecule has 17 heavy (non-hydrogen) atoms. The Bertz CT molecular complexity index is 549. The molecule has 0 N–H and O–H groups in total. The van der Waals surface area contributed by atoms with E-state index in [1.807, 2.05) is 0 Å². The quantitative estimate of drug-likeness (QED) is 0.567. The molecule has 2 aromatic rings. The fourth-order valence-corrected chi connectivity index (χ4v) is 2.08. The standard InChI is InChI=1S/C10H4F4INO/c11-6-3-1-2-5(4-6)8-7(15)9(16-17-8)10(12,13)14/h1-4H. The topological polar surface area (TPSA) is 26.0 Å². The molecule has 0 radical (unpaired) electrons. The number of hydrogen-bond donors (Lipinski definition) is 0. The van der Waals surface area contributed by atoms with Crippen molar-refractivity contribution in [1.29, 1.82) is 0 Å². The molecule has 0 saturated carbocycles. The smallest absolute Gasteiger partial charge is 0.355 e. The van der Waals surface area contributed by atoms with Gasteiger partial charge in [0.2, 0.25) is 5.69 Å². The number of halogens is 5. The van der Waals surface area contributed by atoms with Gasteiger partial charge >= 0.3 is 6.18 Å². The minimum Gasteiger partial charge on any atom is -0.355 e. The fraction of sp³-hybridized carbons (Fsp3) is 0.100. The van der Waals surface area contributed by atoms with Crippen LogP contribution < -0.4 is 0 Å². The van der Waals surface area contributed by atoms with E-state index in [0.717, 1.165) is 6.07 Å². The SMILES string of the molecule is Fc1cccc(-c2onc(C(F)(F)F)c2I)c1. The van der Waals surface area contributed by atoms with Crippen molar-refractivity contribution in [3.8, 4) is 11.3 Å². The number of aromatic nitrogens is 1. The van der Waals surface area contributed by atoms with Gasteiger partial charge in [-0.05, 0) is 34.7 Å². The summed E-state index contributed by atoms with van der Waals surface area (Å²) in [5.41, 5.74) is -0.880. The molecule has 2 nitrogen and oxygen atoms in total. The summed E-state index contributed by atoms with van der Waals surface area (Å²) in [4.78, 5) is 0. The summed E-state index contributed by atoms with van der Waals surface area (Å²) in [6.07, 6.45) is -4.58. The maximum Gasteiger partial charge on any atom is 0.437 e. The molecule has 0 aliphatic rings. The van der Waals surface area contributed by atoms with Crippen LogP contribution in [0.25, 0.3) is 11.3 Å². The Morgan fingerprint density at radius 2 is 1.94 bits per heavy atom. The van der Waals surface area contributed by atoms with Crippen molar-refractivity contribution < 1.29 is 22.1 Å². The highest BCUT2D eigenvalue weighted by molar-refractivity contribution is 14.1. The third-order valence-electron chi connectivity index (χ3n) is 1.99. The van der Waals surface area contributed by atoms with E-state index in [-0.39, 0.29) is 14.9 Å². The summed E-state index contributed by atoms with van der Waals surface area (Å²) in [7, 11) is 0. The molecule has 0 fully saturated rings. The third kappa shape index (κ3) is 2.43. The molecular formula is C10H4F4INO. The second kappa shape index (κ2) is 4.28. The monoisotopic (exact) mass is 357 g/mol. The number of alkyl halides is 3. The van der Waals surface area contributed by atoms with Gasteiger partial charge < -0.3 is 4.52 Å². The maximum absolute atomic E-state index is 12.9. The lowest BCUT2D eigenvalue weighted by molar-refractivity contribution is -0.143. The molecule has 0 spiro atoms. The van der Waals surface area contributed by atoms with Gasteiger partial charge in [-0.1, -0.05) is 17.3 Å². The largest absolute Gasteiger partial charge is 0.437 e. The van der Waals surface area contributed by atoms with Gasteiger partial charge in [0.15, 0.2) is 5.76 Å². The molecule has 0 atom stereocenters. The molecular weight excluding hydrogens is 353 g/mol. The highest BCUT2D eigenvalue weighted by Crippen LogP contribution is 2.37. The van der Waals surface area contributed by atoms with Crippen molar-refractivity contribution >= 4 is 22.6 Å². The first kappa shape index (κ1) is 12.3. The second-order valence-electron chi connectivity index (χ2n) is 3.18. The van der Waals surface area contributed by atoms with Gasteiger partial charge in [0, 0.05) is 5.56 Å². The minimum absolute atomic E-state index is 0.0857. The minimum atomic E-state index is -4.58. The van der Waals surface area contributed by atoms with Gasteiger partial charge in [0.25, 0.3) is 0 Å². The van der Waals surface area contributed by atoms with Crippen LogP contribution in [0.15, 0.2) is 28.8 Å². The fourth-order valence-electron chi connectivity index (χ4n) is 1.26. The molecule has 90 valence electrons. The van der Waals surface area contributed by atoms with Gasteiger partial charge in [0.1, 0.15) is 5.82 Å². The lowest BCUT2D eigenvalue weighted by Gasteiger charge is -2.01. The summed E-state index contributed by atoms with van der Waals surface area (Å²) < 4.78 is 54.7. The van der Waals surface area contributed by atoms with Crippen molar-refractivity contribution in [1.82, 2.24) is 5.16 Å². The Hall–Kier alpha value is -1.12.